The molecule has 2 aliphatic heterocycles. The van der Waals surface area contributed by atoms with Crippen molar-refractivity contribution < 1.29 is 14.6 Å². The summed E-state index contributed by atoms with van der Waals surface area (Å²) in [5, 5.41) is 12.8. The van der Waals surface area contributed by atoms with Crippen LogP contribution in [0.2, 0.25) is 0 Å². The number of benzene rings is 1. The number of carbonyl (C=O) groups excluding carboxylic acids is 1. The molecule has 0 radical (unpaired) electrons. The normalized spacial score (nSPS) is 24.8. The maximum atomic E-state index is 12.4. The van der Waals surface area contributed by atoms with Crippen molar-refractivity contribution in [2.24, 2.45) is 5.92 Å². The van der Waals surface area contributed by atoms with Gasteiger partial charge in [-0.2, -0.15) is 0 Å². The molecule has 0 bridgehead atoms. The number of nitrogens with one attached hydrogen (secondary N) is 1. The number of hydrogen-bond acceptors (Lipinski definition) is 4. The molecule has 0 unspecified atom stereocenters. The van der Waals surface area contributed by atoms with Crippen LogP contribution in [0.1, 0.15) is 24.8 Å². The van der Waals surface area contributed by atoms with Gasteiger partial charge in [0, 0.05) is 31.7 Å². The minimum atomic E-state index is -0.0558. The maximum Gasteiger partial charge on any atom is 0.250 e. The molecule has 24 heavy (non-hydrogen) atoms. The quantitative estimate of drug-likeness (QED) is 0.862. The molecule has 1 saturated heterocycles. The molecular weight excluding hydrogens is 304 g/mol. The molecule has 1 aromatic carbocycles. The Morgan fingerprint density at radius 3 is 2.88 bits per heavy atom. The molecule has 1 amide bonds. The van der Waals surface area contributed by atoms with Gasteiger partial charge in [-0.15, -0.1) is 0 Å². The molecule has 5 nitrogen and oxygen atoms in total. The number of ether oxygens (including phenoxy) is 1. The predicted octanol–water partition coefficient (Wildman–Crippen LogP) is 1.68. The van der Waals surface area contributed by atoms with Crippen LogP contribution in [0.4, 0.5) is 0 Å². The topological polar surface area (TPSA) is 61.8 Å². The Hall–Kier alpha value is -1.85. The molecule has 0 aliphatic carbocycles. The number of amides is 1. The molecule has 0 aromatic heterocycles. The zero-order valence-corrected chi connectivity index (χ0v) is 14.0. The number of likely N-dealkylation sites (tertiary alicyclic amines) is 1. The third-order valence-electron chi connectivity index (χ3n) is 4.87. The maximum absolute atomic E-state index is 12.4. The molecular formula is C19H26N2O3. The second-order valence-electron chi connectivity index (χ2n) is 6.65. The second kappa shape index (κ2) is 8.31. The van der Waals surface area contributed by atoms with Crippen molar-refractivity contribution in [2.75, 3.05) is 26.3 Å². The highest BCUT2D eigenvalue weighted by Gasteiger charge is 2.30. The summed E-state index contributed by atoms with van der Waals surface area (Å²) in [6.45, 7) is 3.37. The molecule has 1 aromatic rings. The van der Waals surface area contributed by atoms with E-state index in [2.05, 4.69) is 22.3 Å². The van der Waals surface area contributed by atoms with Crippen molar-refractivity contribution in [1.82, 2.24) is 10.2 Å². The van der Waals surface area contributed by atoms with Gasteiger partial charge in [0.15, 0.2) is 0 Å². The Kier molecular flexibility index (Phi) is 5.88. The van der Waals surface area contributed by atoms with Crippen LogP contribution in [-0.2, 0) is 16.1 Å². The Labute approximate surface area is 143 Å². The average Bonchev–Trinajstić information content (AvgIpc) is 2.63. The van der Waals surface area contributed by atoms with Crippen molar-refractivity contribution in [2.45, 2.75) is 31.8 Å². The Bertz CT molecular complexity index is 573. The first-order chi connectivity index (χ1) is 11.8. The standard InChI is InChI=1S/C19H26N2O3/c22-13-16-8-9-21(11-15-5-2-1-3-6-15)12-18(16)20-19(23)17-7-4-10-24-14-17/h1-3,5-6,14,16,18,22H,4,7-13H2,(H,20,23)/t16-,18-/m0/s1. The van der Waals surface area contributed by atoms with Crippen molar-refractivity contribution in [3.8, 4) is 0 Å². The van der Waals surface area contributed by atoms with E-state index in [0.717, 1.165) is 38.9 Å². The Morgan fingerprint density at radius 2 is 2.17 bits per heavy atom. The van der Waals surface area contributed by atoms with Crippen LogP contribution in [-0.4, -0.2) is 48.3 Å². The lowest BCUT2D eigenvalue weighted by Crippen LogP contribution is -2.53. The van der Waals surface area contributed by atoms with Crippen LogP contribution in [0, 0.1) is 5.92 Å². The van der Waals surface area contributed by atoms with Gasteiger partial charge in [0.2, 0.25) is 0 Å². The molecule has 2 heterocycles. The van der Waals surface area contributed by atoms with Gasteiger partial charge < -0.3 is 15.2 Å². The number of piperidine rings is 1. The van der Waals surface area contributed by atoms with E-state index in [1.807, 2.05) is 18.2 Å². The molecule has 130 valence electrons. The van der Waals surface area contributed by atoms with Crippen LogP contribution in [0.25, 0.3) is 0 Å². The summed E-state index contributed by atoms with van der Waals surface area (Å²) in [7, 11) is 0. The molecule has 2 N–H and O–H groups in total. The van der Waals surface area contributed by atoms with Gasteiger partial charge in [-0.05, 0) is 31.4 Å². The van der Waals surface area contributed by atoms with E-state index in [1.165, 1.54) is 5.56 Å². The smallest absolute Gasteiger partial charge is 0.250 e. The zero-order chi connectivity index (χ0) is 16.8. The lowest BCUT2D eigenvalue weighted by atomic mass is 9.91. The highest BCUT2D eigenvalue weighted by molar-refractivity contribution is 5.93. The summed E-state index contributed by atoms with van der Waals surface area (Å²) < 4.78 is 5.26. The minimum absolute atomic E-state index is 0.0252. The fraction of sp³-hybridized carbons (Fsp3) is 0.526. The van der Waals surface area contributed by atoms with Gasteiger partial charge in [-0.1, -0.05) is 30.3 Å². The van der Waals surface area contributed by atoms with E-state index in [9.17, 15) is 9.90 Å². The Morgan fingerprint density at radius 1 is 1.33 bits per heavy atom. The number of nitrogens with zero attached hydrogens (tertiary/aromatic N) is 1. The number of carbonyl (C=O) groups is 1. The Balaban J connectivity index is 1.60. The molecule has 2 aliphatic rings. The number of aliphatic hydroxyl groups excluding tert-OH is 1. The fourth-order valence-electron chi connectivity index (χ4n) is 3.43. The van der Waals surface area contributed by atoms with Gasteiger partial charge in [-0.3, -0.25) is 9.69 Å². The molecule has 0 saturated carbocycles. The van der Waals surface area contributed by atoms with Gasteiger partial charge in [0.05, 0.1) is 18.4 Å². The number of rotatable bonds is 5. The van der Waals surface area contributed by atoms with Crippen molar-refractivity contribution >= 4 is 5.91 Å². The van der Waals surface area contributed by atoms with Crippen LogP contribution in [0.3, 0.4) is 0 Å². The van der Waals surface area contributed by atoms with E-state index in [1.54, 1.807) is 6.26 Å². The molecule has 1 fully saturated rings. The first-order valence-corrected chi connectivity index (χ1v) is 8.75. The third-order valence-corrected chi connectivity index (χ3v) is 4.87. The summed E-state index contributed by atoms with van der Waals surface area (Å²) >= 11 is 0. The highest BCUT2D eigenvalue weighted by atomic mass is 16.5. The lowest BCUT2D eigenvalue weighted by molar-refractivity contribution is -0.119. The van der Waals surface area contributed by atoms with Gasteiger partial charge in [-0.25, -0.2) is 0 Å². The molecule has 5 heteroatoms. The molecule has 2 atom stereocenters. The second-order valence-corrected chi connectivity index (χ2v) is 6.65. The van der Waals surface area contributed by atoms with E-state index < -0.39 is 0 Å². The fourth-order valence-corrected chi connectivity index (χ4v) is 3.43. The van der Waals surface area contributed by atoms with E-state index in [0.29, 0.717) is 12.2 Å². The van der Waals surface area contributed by atoms with E-state index in [-0.39, 0.29) is 24.5 Å². The van der Waals surface area contributed by atoms with Gasteiger partial charge >= 0.3 is 0 Å². The van der Waals surface area contributed by atoms with E-state index in [4.69, 9.17) is 4.74 Å². The lowest BCUT2D eigenvalue weighted by Gasteiger charge is -2.38. The monoisotopic (exact) mass is 330 g/mol. The van der Waals surface area contributed by atoms with Crippen molar-refractivity contribution in [3.63, 3.8) is 0 Å². The van der Waals surface area contributed by atoms with Gasteiger partial charge in [0.25, 0.3) is 5.91 Å². The first kappa shape index (κ1) is 17.0. The molecule has 0 spiro atoms. The summed E-state index contributed by atoms with van der Waals surface area (Å²) in [6, 6.07) is 10.3. The summed E-state index contributed by atoms with van der Waals surface area (Å²) in [6.07, 6.45) is 4.12. The van der Waals surface area contributed by atoms with Crippen molar-refractivity contribution in [3.05, 3.63) is 47.7 Å². The summed E-state index contributed by atoms with van der Waals surface area (Å²) in [5.74, 6) is 0.0609. The van der Waals surface area contributed by atoms with Crippen LogP contribution >= 0.6 is 0 Å². The minimum Gasteiger partial charge on any atom is -0.501 e. The SMILES string of the molecule is O=C(N[C@H]1CN(Cc2ccccc2)CC[C@H]1CO)C1=COCCC1. The summed E-state index contributed by atoms with van der Waals surface area (Å²) in [4.78, 5) is 14.8. The predicted molar refractivity (Wildman–Crippen MR) is 92.1 cm³/mol. The number of aliphatic hydroxyl groups is 1. The van der Waals surface area contributed by atoms with E-state index >= 15 is 0 Å². The van der Waals surface area contributed by atoms with Gasteiger partial charge in [0.1, 0.15) is 0 Å². The first-order valence-electron chi connectivity index (χ1n) is 8.75. The van der Waals surface area contributed by atoms with Crippen LogP contribution in [0.5, 0.6) is 0 Å². The summed E-state index contributed by atoms with van der Waals surface area (Å²) in [5.41, 5.74) is 1.98. The highest BCUT2D eigenvalue weighted by Crippen LogP contribution is 2.21. The largest absolute Gasteiger partial charge is 0.501 e. The zero-order valence-electron chi connectivity index (χ0n) is 14.0. The average molecular weight is 330 g/mol. The van der Waals surface area contributed by atoms with Crippen LogP contribution < -0.4 is 5.32 Å². The van der Waals surface area contributed by atoms with Crippen molar-refractivity contribution in [1.29, 1.82) is 0 Å². The third kappa shape index (κ3) is 4.36. The van der Waals surface area contributed by atoms with Crippen LogP contribution in [0.15, 0.2) is 42.2 Å². The number of hydrogen-bond donors (Lipinski definition) is 2. The molecule has 3 rings (SSSR count).